The molecule has 181 valence electrons. The third kappa shape index (κ3) is 17.1. The Bertz CT molecular complexity index is 789. The van der Waals surface area contributed by atoms with Crippen molar-refractivity contribution in [3.05, 3.63) is 126 Å². The molecule has 0 bridgehead atoms. The number of benzene rings is 2. The first kappa shape index (κ1) is 35.8. The molecule has 0 fully saturated rings. The smallest absolute Gasteiger partial charge is 0.269 e. The summed E-state index contributed by atoms with van der Waals surface area (Å²) in [5, 5.41) is 0. The summed E-state index contributed by atoms with van der Waals surface area (Å²) in [7, 11) is 0. The van der Waals surface area contributed by atoms with Crippen LogP contribution < -0.4 is 0 Å². The van der Waals surface area contributed by atoms with Crippen molar-refractivity contribution in [2.75, 3.05) is 0 Å². The Labute approximate surface area is 262 Å². The van der Waals surface area contributed by atoms with Crippen LogP contribution in [0.2, 0.25) is 0 Å². The first-order valence-electron chi connectivity index (χ1n) is 11.5. The SMILES string of the molecule is CC(C)CC1=[C-]CC=C1.CC(C)CC1=[C-]CC=C1.I.I.[Zr+3].c1ccc([CH-]c2ccccc2)cc1. The molecule has 0 saturated carbocycles. The van der Waals surface area contributed by atoms with Crippen LogP contribution in [0, 0.1) is 30.4 Å². The van der Waals surface area contributed by atoms with Gasteiger partial charge in [-0.05, 0) is 11.8 Å². The third-order valence-electron chi connectivity index (χ3n) is 4.72. The summed E-state index contributed by atoms with van der Waals surface area (Å²) in [5.41, 5.74) is 5.28. The molecular weight excluding hydrogens is 717 g/mol. The Morgan fingerprint density at radius 3 is 1.26 bits per heavy atom. The van der Waals surface area contributed by atoms with E-state index in [9.17, 15) is 0 Å². The molecule has 0 unspecified atom stereocenters. The third-order valence-corrected chi connectivity index (χ3v) is 4.72. The van der Waals surface area contributed by atoms with Gasteiger partial charge in [-0.3, -0.25) is 12.2 Å². The van der Waals surface area contributed by atoms with Gasteiger partial charge in [-0.1, -0.05) is 76.9 Å². The molecule has 2 aliphatic rings. The molecule has 2 aliphatic carbocycles. The fraction of sp³-hybridized carbons (Fsp3) is 0.323. The topological polar surface area (TPSA) is 0 Å². The van der Waals surface area contributed by atoms with Gasteiger partial charge in [0.05, 0.1) is 0 Å². The number of hydrogen-bond acceptors (Lipinski definition) is 0. The summed E-state index contributed by atoms with van der Waals surface area (Å²) in [5.74, 6) is 1.55. The molecule has 0 N–H and O–H groups in total. The van der Waals surface area contributed by atoms with Gasteiger partial charge >= 0.3 is 26.2 Å². The molecule has 2 aromatic carbocycles. The van der Waals surface area contributed by atoms with Crippen molar-refractivity contribution in [2.24, 2.45) is 11.8 Å². The minimum atomic E-state index is 0. The van der Waals surface area contributed by atoms with Crippen LogP contribution in [0.15, 0.2) is 96.1 Å². The maximum Gasteiger partial charge on any atom is 3.00 e. The van der Waals surface area contributed by atoms with Crippen LogP contribution >= 0.6 is 48.0 Å². The summed E-state index contributed by atoms with van der Waals surface area (Å²) in [6.45, 7) is 8.95. The Kier molecular flexibility index (Phi) is 23.0. The van der Waals surface area contributed by atoms with Crippen molar-refractivity contribution < 1.29 is 26.2 Å². The van der Waals surface area contributed by atoms with Crippen molar-refractivity contribution >= 4 is 48.0 Å². The molecule has 1 radical (unpaired) electrons. The average molecular weight is 757 g/mol. The van der Waals surface area contributed by atoms with E-state index < -0.39 is 0 Å². The van der Waals surface area contributed by atoms with Crippen LogP contribution in [0.25, 0.3) is 0 Å². The predicted octanol–water partition coefficient (Wildman–Crippen LogP) is 9.96. The zero-order chi connectivity index (χ0) is 22.3. The minimum absolute atomic E-state index is 0. The molecule has 4 rings (SSSR count). The molecule has 0 heterocycles. The monoisotopic (exact) mass is 755 g/mol. The van der Waals surface area contributed by atoms with Crippen LogP contribution in [0.5, 0.6) is 0 Å². The Morgan fingerprint density at radius 1 is 0.647 bits per heavy atom. The zero-order valence-electron chi connectivity index (χ0n) is 21.0. The summed E-state index contributed by atoms with van der Waals surface area (Å²) in [6.07, 6.45) is 21.9. The second-order valence-corrected chi connectivity index (χ2v) is 8.78. The fourth-order valence-corrected chi connectivity index (χ4v) is 3.35. The summed E-state index contributed by atoms with van der Waals surface area (Å²) < 4.78 is 0. The van der Waals surface area contributed by atoms with Crippen LogP contribution in [0.1, 0.15) is 64.5 Å². The van der Waals surface area contributed by atoms with E-state index in [1.54, 1.807) is 0 Å². The van der Waals surface area contributed by atoms with E-state index >= 15 is 0 Å². The van der Waals surface area contributed by atoms with Gasteiger partial charge in [0.25, 0.3) is 0 Å². The largest absolute Gasteiger partial charge is 3.00 e. The van der Waals surface area contributed by atoms with Gasteiger partial charge in [0, 0.05) is 0 Å². The van der Waals surface area contributed by atoms with E-state index in [0.29, 0.717) is 0 Å². The zero-order valence-corrected chi connectivity index (χ0v) is 28.1. The molecule has 0 aromatic heterocycles. The minimum Gasteiger partial charge on any atom is -0.269 e. The van der Waals surface area contributed by atoms with E-state index in [-0.39, 0.29) is 74.2 Å². The first-order valence-corrected chi connectivity index (χ1v) is 11.5. The van der Waals surface area contributed by atoms with Crippen molar-refractivity contribution in [1.29, 1.82) is 0 Å². The van der Waals surface area contributed by atoms with E-state index in [4.69, 9.17) is 0 Å². The molecule has 0 atom stereocenters. The van der Waals surface area contributed by atoms with Gasteiger partial charge in [-0.15, -0.1) is 103 Å². The van der Waals surface area contributed by atoms with E-state index in [1.807, 2.05) is 12.1 Å². The molecule has 34 heavy (non-hydrogen) atoms. The normalized spacial score (nSPS) is 12.6. The van der Waals surface area contributed by atoms with Gasteiger partial charge < -0.3 is 0 Å². The molecule has 0 saturated heterocycles. The maximum absolute atomic E-state index is 3.29. The van der Waals surface area contributed by atoms with E-state index in [1.165, 1.54) is 35.1 Å². The van der Waals surface area contributed by atoms with Crippen LogP contribution in [0.4, 0.5) is 0 Å². The van der Waals surface area contributed by atoms with Crippen LogP contribution in [-0.4, -0.2) is 0 Å². The maximum atomic E-state index is 3.29. The fourth-order valence-electron chi connectivity index (χ4n) is 3.35. The Hall–Kier alpha value is -0.387. The van der Waals surface area contributed by atoms with Crippen molar-refractivity contribution in [3.8, 4) is 0 Å². The molecule has 0 aliphatic heterocycles. The van der Waals surface area contributed by atoms with Gasteiger partial charge in [-0.25, -0.2) is 23.3 Å². The number of hydrogen-bond donors (Lipinski definition) is 0. The van der Waals surface area contributed by atoms with Crippen molar-refractivity contribution in [3.63, 3.8) is 0 Å². The van der Waals surface area contributed by atoms with E-state index in [0.717, 1.165) is 24.7 Å². The van der Waals surface area contributed by atoms with Gasteiger partial charge in [-0.2, -0.15) is 12.2 Å². The second kappa shape index (κ2) is 21.9. The van der Waals surface area contributed by atoms with Gasteiger partial charge in [0.1, 0.15) is 0 Å². The molecule has 0 nitrogen and oxygen atoms in total. The molecule has 2 aromatic rings. The quantitative estimate of drug-likeness (QED) is 0.204. The Balaban J connectivity index is 0. The summed E-state index contributed by atoms with van der Waals surface area (Å²) in [4.78, 5) is 0. The first-order chi connectivity index (χ1) is 15.0. The number of halogens is 2. The summed E-state index contributed by atoms with van der Waals surface area (Å²) in [6, 6.07) is 20.7. The average Bonchev–Trinajstić information content (AvgIpc) is 3.44. The molecule has 3 heteroatoms. The van der Waals surface area contributed by atoms with Crippen molar-refractivity contribution in [2.45, 2.75) is 53.4 Å². The Morgan fingerprint density at radius 2 is 1.00 bits per heavy atom. The number of rotatable bonds is 6. The van der Waals surface area contributed by atoms with E-state index in [2.05, 4.69) is 119 Å². The standard InChI is InChI=1S/C13H11.2C9H13.2HI.Zr/c1-3-7-12(8-4-1)11-13-9-5-2-6-10-13;2*1-8(2)7-9-5-3-4-6-9;;;/h1-11H;2*3,5,8H,4,7H2,1-2H3;2*1H;/q3*-1;;;+3. The number of allylic oxidation sites excluding steroid dienone is 8. The predicted molar refractivity (Wildman–Crippen MR) is 166 cm³/mol. The second-order valence-electron chi connectivity index (χ2n) is 8.78. The molecule has 0 amide bonds. The van der Waals surface area contributed by atoms with Gasteiger partial charge in [0.2, 0.25) is 0 Å². The van der Waals surface area contributed by atoms with Crippen molar-refractivity contribution in [1.82, 2.24) is 0 Å². The molecular formula is C31H39I2Zr. The molecule has 0 spiro atoms. The summed E-state index contributed by atoms with van der Waals surface area (Å²) >= 11 is 0. The van der Waals surface area contributed by atoms with Crippen LogP contribution in [0.3, 0.4) is 0 Å². The van der Waals surface area contributed by atoms with Gasteiger partial charge in [0.15, 0.2) is 0 Å². The van der Waals surface area contributed by atoms with Crippen LogP contribution in [-0.2, 0) is 26.2 Å².